The highest BCUT2D eigenvalue weighted by Gasteiger charge is 2.22. The van der Waals surface area contributed by atoms with Crippen molar-refractivity contribution in [2.24, 2.45) is 0 Å². The number of carbonyl (C=O) groups excluding carboxylic acids is 1. The molecule has 4 aromatic rings. The first-order valence-electron chi connectivity index (χ1n) is 13.0. The largest absolute Gasteiger partial charge is 0.459 e. The van der Waals surface area contributed by atoms with Gasteiger partial charge >= 0.3 is 6.03 Å². The predicted molar refractivity (Wildman–Crippen MR) is 155 cm³/mol. The van der Waals surface area contributed by atoms with Crippen molar-refractivity contribution in [1.29, 1.82) is 0 Å². The van der Waals surface area contributed by atoms with Crippen LogP contribution in [-0.2, 0) is 26.1 Å². The topological polar surface area (TPSA) is 116 Å². The zero-order valence-electron chi connectivity index (χ0n) is 21.6. The van der Waals surface area contributed by atoms with Gasteiger partial charge in [0, 0.05) is 48.3 Å². The molecule has 1 saturated heterocycles. The smallest absolute Gasteiger partial charge is 0.323 e. The van der Waals surface area contributed by atoms with Gasteiger partial charge in [0.1, 0.15) is 12.5 Å². The normalized spacial score (nSPS) is 15.2. The number of rotatable bonds is 8. The molecule has 0 spiro atoms. The summed E-state index contributed by atoms with van der Waals surface area (Å²) >= 11 is 3.42. The second-order valence-electron chi connectivity index (χ2n) is 9.33. The van der Waals surface area contributed by atoms with Crippen LogP contribution in [0.1, 0.15) is 12.0 Å². The second-order valence-corrected chi connectivity index (χ2v) is 9.89. The Balaban J connectivity index is 1.22. The number of fused-ring (bicyclic) bond motifs is 1. The molecular formula is C28H28BrN7O4. The number of imidazole rings is 1. The van der Waals surface area contributed by atoms with Gasteiger partial charge in [-0.05, 0) is 42.0 Å². The fourth-order valence-corrected chi connectivity index (χ4v) is 4.92. The third-order valence-electron chi connectivity index (χ3n) is 6.65. The quantitative estimate of drug-likeness (QED) is 0.266. The average Bonchev–Trinajstić information content (AvgIpc) is 3.67. The van der Waals surface area contributed by atoms with Gasteiger partial charge in [0.2, 0.25) is 6.29 Å². The highest BCUT2D eigenvalue weighted by atomic mass is 79.9. The van der Waals surface area contributed by atoms with Gasteiger partial charge in [0.05, 0.1) is 19.5 Å². The molecule has 11 nitrogen and oxygen atoms in total. The van der Waals surface area contributed by atoms with Crippen molar-refractivity contribution in [3.05, 3.63) is 72.9 Å². The summed E-state index contributed by atoms with van der Waals surface area (Å²) in [7, 11) is 0. The first-order chi connectivity index (χ1) is 19.7. The van der Waals surface area contributed by atoms with E-state index in [9.17, 15) is 4.79 Å². The minimum atomic E-state index is -0.319. The first kappa shape index (κ1) is 26.1. The number of ether oxygens (including phenoxy) is 3. The van der Waals surface area contributed by atoms with Gasteiger partial charge in [0.15, 0.2) is 22.8 Å². The number of aryl methyl sites for hydroxylation is 1. The minimum absolute atomic E-state index is 0.316. The fourth-order valence-electron chi connectivity index (χ4n) is 4.54. The van der Waals surface area contributed by atoms with E-state index >= 15 is 0 Å². The molecule has 6 rings (SSSR count). The SMILES string of the molecule is O=C(Nc1ccc(CBr)cc1)Nc1ccc(-c2nc(N3CCOCC3)c3ncn(CCC4OC=CO4)c3n2)cc1. The number of aromatic nitrogens is 4. The van der Waals surface area contributed by atoms with Crippen LogP contribution in [0.15, 0.2) is 67.4 Å². The summed E-state index contributed by atoms with van der Waals surface area (Å²) in [6.45, 7) is 3.34. The van der Waals surface area contributed by atoms with Crippen molar-refractivity contribution in [1.82, 2.24) is 19.5 Å². The lowest BCUT2D eigenvalue weighted by atomic mass is 10.2. The Bertz CT molecular complexity index is 1490. The Morgan fingerprint density at radius 2 is 1.62 bits per heavy atom. The third kappa shape index (κ3) is 5.87. The summed E-state index contributed by atoms with van der Waals surface area (Å²) in [5.74, 6) is 1.36. The van der Waals surface area contributed by atoms with Gasteiger partial charge in [0.25, 0.3) is 0 Å². The van der Waals surface area contributed by atoms with Gasteiger partial charge in [-0.25, -0.2) is 19.7 Å². The summed E-state index contributed by atoms with van der Waals surface area (Å²) in [6, 6.07) is 14.8. The maximum absolute atomic E-state index is 12.5. The molecule has 40 heavy (non-hydrogen) atoms. The van der Waals surface area contributed by atoms with Crippen LogP contribution in [0.3, 0.4) is 0 Å². The van der Waals surface area contributed by atoms with Gasteiger partial charge < -0.3 is 34.3 Å². The van der Waals surface area contributed by atoms with Crippen molar-refractivity contribution < 1.29 is 19.0 Å². The van der Waals surface area contributed by atoms with Crippen LogP contribution >= 0.6 is 15.9 Å². The Kier molecular flexibility index (Phi) is 7.78. The Labute approximate surface area is 239 Å². The summed E-state index contributed by atoms with van der Waals surface area (Å²) in [4.78, 5) is 29.2. The van der Waals surface area contributed by atoms with Crippen LogP contribution in [0.25, 0.3) is 22.6 Å². The van der Waals surface area contributed by atoms with Crippen molar-refractivity contribution in [3.63, 3.8) is 0 Å². The number of carbonyl (C=O) groups is 1. The molecule has 0 bridgehead atoms. The standard InChI is InChI=1S/C28H28BrN7O4/c29-17-19-1-5-21(6-2-19)31-28(37)32-22-7-3-20(4-8-22)25-33-26(35-11-13-38-14-12-35)24-27(34-25)36(18-30-24)10-9-23-39-15-16-40-23/h1-8,15-16,18,23H,9-14,17H2,(H2,31,32,37). The van der Waals surface area contributed by atoms with E-state index in [1.807, 2.05) is 53.1 Å². The molecule has 12 heteroatoms. The molecule has 4 heterocycles. The number of morpholine rings is 1. The van der Waals surface area contributed by atoms with Gasteiger partial charge in [-0.1, -0.05) is 28.1 Å². The molecule has 2 aromatic carbocycles. The molecule has 1 fully saturated rings. The average molecular weight is 606 g/mol. The second kappa shape index (κ2) is 11.9. The van der Waals surface area contributed by atoms with Crippen molar-refractivity contribution in [3.8, 4) is 11.4 Å². The molecule has 0 unspecified atom stereocenters. The summed E-state index contributed by atoms with van der Waals surface area (Å²) in [6.07, 6.45) is 5.22. The zero-order chi connectivity index (χ0) is 27.3. The van der Waals surface area contributed by atoms with Gasteiger partial charge in [-0.3, -0.25) is 0 Å². The molecule has 2 aromatic heterocycles. The van der Waals surface area contributed by atoms with E-state index in [4.69, 9.17) is 24.2 Å². The van der Waals surface area contributed by atoms with E-state index in [-0.39, 0.29) is 12.3 Å². The third-order valence-corrected chi connectivity index (χ3v) is 7.29. The predicted octanol–water partition coefficient (Wildman–Crippen LogP) is 5.10. The summed E-state index contributed by atoms with van der Waals surface area (Å²) in [5, 5.41) is 6.49. The molecule has 0 radical (unpaired) electrons. The van der Waals surface area contributed by atoms with Crippen molar-refractivity contribution >= 4 is 50.3 Å². The lowest BCUT2D eigenvalue weighted by Gasteiger charge is -2.28. The molecule has 2 aliphatic heterocycles. The van der Waals surface area contributed by atoms with E-state index in [1.165, 1.54) is 0 Å². The number of hydrogen-bond donors (Lipinski definition) is 2. The number of alkyl halides is 1. The molecule has 2 N–H and O–H groups in total. The zero-order valence-corrected chi connectivity index (χ0v) is 23.2. The van der Waals surface area contributed by atoms with Crippen LogP contribution in [-0.4, -0.2) is 58.1 Å². The lowest BCUT2D eigenvalue weighted by molar-refractivity contribution is -0.0304. The number of nitrogens with zero attached hydrogens (tertiary/aromatic N) is 5. The molecular weight excluding hydrogens is 578 g/mol. The highest BCUT2D eigenvalue weighted by Crippen LogP contribution is 2.28. The molecule has 2 aliphatic rings. The Morgan fingerprint density at radius 1 is 0.950 bits per heavy atom. The van der Waals surface area contributed by atoms with E-state index in [0.717, 1.165) is 52.2 Å². The van der Waals surface area contributed by atoms with Gasteiger partial charge in [-0.15, -0.1) is 0 Å². The lowest BCUT2D eigenvalue weighted by Crippen LogP contribution is -2.37. The number of hydrogen-bond acceptors (Lipinski definition) is 8. The summed E-state index contributed by atoms with van der Waals surface area (Å²) < 4.78 is 18.4. The van der Waals surface area contributed by atoms with Crippen LogP contribution in [0.5, 0.6) is 0 Å². The van der Waals surface area contributed by atoms with Crippen LogP contribution < -0.4 is 15.5 Å². The van der Waals surface area contributed by atoms with Gasteiger partial charge in [-0.2, -0.15) is 0 Å². The van der Waals surface area contributed by atoms with E-state index in [0.29, 0.717) is 37.7 Å². The monoisotopic (exact) mass is 605 g/mol. The number of anilines is 3. The van der Waals surface area contributed by atoms with E-state index in [2.05, 4.69) is 36.4 Å². The fraction of sp³-hybridized carbons (Fsp3) is 0.286. The molecule has 0 atom stereocenters. The van der Waals surface area contributed by atoms with Crippen molar-refractivity contribution in [2.75, 3.05) is 41.8 Å². The maximum Gasteiger partial charge on any atom is 0.323 e. The molecule has 0 aliphatic carbocycles. The molecule has 0 saturated carbocycles. The minimum Gasteiger partial charge on any atom is -0.459 e. The molecule has 2 amide bonds. The maximum atomic E-state index is 12.5. The number of amides is 2. The van der Waals surface area contributed by atoms with Crippen molar-refractivity contribution in [2.45, 2.75) is 24.6 Å². The van der Waals surface area contributed by atoms with Crippen LogP contribution in [0.4, 0.5) is 22.0 Å². The number of nitrogens with one attached hydrogen (secondary N) is 2. The Morgan fingerprint density at radius 3 is 2.30 bits per heavy atom. The summed E-state index contributed by atoms with van der Waals surface area (Å²) in [5.41, 5.74) is 4.82. The Hall–Kier alpha value is -4.16. The van der Waals surface area contributed by atoms with Crippen LogP contribution in [0, 0.1) is 0 Å². The first-order valence-corrected chi connectivity index (χ1v) is 14.1. The number of benzene rings is 2. The van der Waals surface area contributed by atoms with Crippen LogP contribution in [0.2, 0.25) is 0 Å². The van der Waals surface area contributed by atoms with E-state index < -0.39 is 0 Å². The number of halogens is 1. The highest BCUT2D eigenvalue weighted by molar-refractivity contribution is 9.08. The molecule has 206 valence electrons. The van der Waals surface area contributed by atoms with E-state index in [1.54, 1.807) is 18.9 Å². The number of urea groups is 1.